The van der Waals surface area contributed by atoms with Gasteiger partial charge in [0.05, 0.1) is 22.1 Å². The van der Waals surface area contributed by atoms with Crippen LogP contribution in [0.2, 0.25) is 0 Å². The number of sulfone groups is 1. The number of fused-ring (bicyclic) bond motifs is 1. The van der Waals surface area contributed by atoms with E-state index in [9.17, 15) is 18.8 Å². The molecule has 0 aromatic heterocycles. The van der Waals surface area contributed by atoms with Gasteiger partial charge in [-0.3, -0.25) is 0 Å². The summed E-state index contributed by atoms with van der Waals surface area (Å²) in [6.45, 7) is 0. The van der Waals surface area contributed by atoms with Gasteiger partial charge in [0.2, 0.25) is 0 Å². The predicted octanol–water partition coefficient (Wildman–Crippen LogP) is 1.75. The van der Waals surface area contributed by atoms with Gasteiger partial charge < -0.3 is 5.11 Å². The molecule has 1 aliphatic carbocycles. The molecule has 1 saturated carbocycles. The zero-order chi connectivity index (χ0) is 13.7. The second-order valence-corrected chi connectivity index (χ2v) is 7.55. The maximum absolute atomic E-state index is 12.1. The van der Waals surface area contributed by atoms with E-state index in [0.29, 0.717) is 18.4 Å². The molecule has 0 saturated heterocycles. The minimum atomic E-state index is -3.34. The normalized spacial score (nSPS) is 30.7. The van der Waals surface area contributed by atoms with Crippen LogP contribution in [0.1, 0.15) is 31.2 Å². The van der Waals surface area contributed by atoms with Gasteiger partial charge in [0, 0.05) is 5.56 Å². The van der Waals surface area contributed by atoms with Gasteiger partial charge in [-0.25, -0.2) is 8.42 Å². The summed E-state index contributed by atoms with van der Waals surface area (Å²) in [6.07, 6.45) is 2.29. The van der Waals surface area contributed by atoms with Crippen molar-refractivity contribution in [1.29, 1.82) is 5.26 Å². The molecule has 1 atom stereocenters. The molecule has 0 amide bonds. The highest BCUT2D eigenvalue weighted by Crippen LogP contribution is 2.57. The molecule has 5 heteroatoms. The lowest BCUT2D eigenvalue weighted by molar-refractivity contribution is -0.106. The van der Waals surface area contributed by atoms with Crippen LogP contribution in [0.25, 0.3) is 0 Å². The van der Waals surface area contributed by atoms with E-state index in [2.05, 4.69) is 6.07 Å². The minimum Gasteiger partial charge on any atom is -0.383 e. The zero-order valence-corrected chi connectivity index (χ0v) is 11.3. The van der Waals surface area contributed by atoms with E-state index in [0.717, 1.165) is 6.42 Å². The van der Waals surface area contributed by atoms with E-state index >= 15 is 0 Å². The quantitative estimate of drug-likeness (QED) is 0.848. The van der Waals surface area contributed by atoms with Crippen molar-refractivity contribution in [2.45, 2.75) is 36.2 Å². The third-order valence-electron chi connectivity index (χ3n) is 4.61. The van der Waals surface area contributed by atoms with Gasteiger partial charge >= 0.3 is 0 Å². The first-order valence-electron chi connectivity index (χ1n) is 6.41. The highest BCUT2D eigenvalue weighted by Gasteiger charge is 2.58. The average Bonchev–Trinajstić information content (AvgIpc) is 2.35. The number of nitrogens with zero attached hydrogens (tertiary/aromatic N) is 1. The fraction of sp³-hybridized carbons (Fsp3) is 0.500. The molecule has 0 bridgehead atoms. The molecule has 1 aromatic carbocycles. The van der Waals surface area contributed by atoms with Crippen LogP contribution in [0.15, 0.2) is 29.2 Å². The van der Waals surface area contributed by atoms with Crippen molar-refractivity contribution in [3.8, 4) is 6.07 Å². The molecule has 1 aromatic rings. The van der Waals surface area contributed by atoms with E-state index in [1.807, 2.05) is 0 Å². The fourth-order valence-electron chi connectivity index (χ4n) is 3.25. The number of rotatable bonds is 1. The molecule has 1 N–H and O–H groups in total. The summed E-state index contributed by atoms with van der Waals surface area (Å²) in [6, 6.07) is 8.79. The second kappa shape index (κ2) is 3.81. The lowest BCUT2D eigenvalue weighted by atomic mass is 9.56. The van der Waals surface area contributed by atoms with E-state index in [-0.39, 0.29) is 17.1 Å². The van der Waals surface area contributed by atoms with Gasteiger partial charge in [-0.2, -0.15) is 5.26 Å². The van der Waals surface area contributed by atoms with Crippen LogP contribution in [0.4, 0.5) is 0 Å². The summed E-state index contributed by atoms with van der Waals surface area (Å²) in [5, 5.41) is 20.5. The van der Waals surface area contributed by atoms with Gasteiger partial charge in [-0.15, -0.1) is 0 Å². The first-order valence-corrected chi connectivity index (χ1v) is 8.06. The topological polar surface area (TPSA) is 78.2 Å². The molecular weight excluding hydrogens is 262 g/mol. The van der Waals surface area contributed by atoms with Crippen molar-refractivity contribution in [2.75, 3.05) is 5.75 Å². The first kappa shape index (κ1) is 12.6. The highest BCUT2D eigenvalue weighted by molar-refractivity contribution is 7.91. The van der Waals surface area contributed by atoms with Crippen molar-refractivity contribution >= 4 is 9.84 Å². The van der Waals surface area contributed by atoms with Crippen LogP contribution < -0.4 is 0 Å². The molecule has 100 valence electrons. The fourth-order valence-corrected chi connectivity index (χ4v) is 4.89. The maximum atomic E-state index is 12.1. The Kier molecular flexibility index (Phi) is 2.54. The van der Waals surface area contributed by atoms with E-state index in [1.54, 1.807) is 18.2 Å². The molecule has 2 aliphatic rings. The number of nitriles is 1. The number of benzene rings is 1. The molecule has 0 radical (unpaired) electrons. The second-order valence-electron chi connectivity index (χ2n) is 5.47. The van der Waals surface area contributed by atoms with E-state index in [4.69, 9.17) is 0 Å². The molecule has 0 spiro atoms. The van der Waals surface area contributed by atoms with Crippen molar-refractivity contribution in [2.24, 2.45) is 5.41 Å². The number of hydrogen-bond acceptors (Lipinski definition) is 4. The summed E-state index contributed by atoms with van der Waals surface area (Å²) < 4.78 is 24.2. The third-order valence-corrected chi connectivity index (χ3v) is 6.38. The average molecular weight is 277 g/mol. The van der Waals surface area contributed by atoms with E-state index in [1.165, 1.54) is 6.07 Å². The lowest BCUT2D eigenvalue weighted by Gasteiger charge is -2.50. The van der Waals surface area contributed by atoms with Crippen LogP contribution in [0.5, 0.6) is 0 Å². The van der Waals surface area contributed by atoms with Crippen molar-refractivity contribution < 1.29 is 13.5 Å². The van der Waals surface area contributed by atoms with Crippen molar-refractivity contribution in [3.63, 3.8) is 0 Å². The molecule has 1 fully saturated rings. The summed E-state index contributed by atoms with van der Waals surface area (Å²) in [5.41, 5.74) is -1.75. The van der Waals surface area contributed by atoms with Gasteiger partial charge in [-0.1, -0.05) is 24.6 Å². The Bertz CT molecular complexity index is 670. The molecule has 3 rings (SSSR count). The molecular formula is C14H15NO3S. The smallest absolute Gasteiger partial charge is 0.178 e. The van der Waals surface area contributed by atoms with Crippen LogP contribution in [0, 0.1) is 16.7 Å². The summed E-state index contributed by atoms with van der Waals surface area (Å²) in [4.78, 5) is 0.185. The molecule has 1 heterocycles. The Morgan fingerprint density at radius 1 is 1.21 bits per heavy atom. The van der Waals surface area contributed by atoms with Crippen LogP contribution in [0.3, 0.4) is 0 Å². The Hall–Kier alpha value is -1.38. The Morgan fingerprint density at radius 2 is 1.89 bits per heavy atom. The van der Waals surface area contributed by atoms with Gasteiger partial charge in [0.15, 0.2) is 9.84 Å². The molecule has 1 unspecified atom stereocenters. The lowest BCUT2D eigenvalue weighted by Crippen LogP contribution is -2.52. The maximum Gasteiger partial charge on any atom is 0.178 e. The zero-order valence-electron chi connectivity index (χ0n) is 10.5. The number of hydrogen-bond donors (Lipinski definition) is 1. The minimum absolute atomic E-state index is 0.0933. The standard InChI is InChI=1S/C14H15NO3S/c15-10-13(6-3-7-13)14(16)8-9-19(17,18)12-5-2-1-4-11(12)14/h1-2,4-5,16H,3,6-9H2. The SMILES string of the molecule is N#CC1(C2(O)CCS(=O)(=O)c3ccccc32)CCC1. The van der Waals surface area contributed by atoms with Gasteiger partial charge in [0.1, 0.15) is 5.60 Å². The summed E-state index contributed by atoms with van der Waals surface area (Å²) in [5.74, 6) is -0.0933. The van der Waals surface area contributed by atoms with Crippen LogP contribution in [-0.4, -0.2) is 19.3 Å². The largest absolute Gasteiger partial charge is 0.383 e. The summed E-state index contributed by atoms with van der Waals surface area (Å²) in [7, 11) is -3.34. The predicted molar refractivity (Wildman–Crippen MR) is 68.9 cm³/mol. The molecule has 4 nitrogen and oxygen atoms in total. The first-order chi connectivity index (χ1) is 8.95. The van der Waals surface area contributed by atoms with Gasteiger partial charge in [-0.05, 0) is 25.3 Å². The van der Waals surface area contributed by atoms with E-state index < -0.39 is 20.9 Å². The van der Waals surface area contributed by atoms with Gasteiger partial charge in [0.25, 0.3) is 0 Å². The van der Waals surface area contributed by atoms with Crippen molar-refractivity contribution in [3.05, 3.63) is 29.8 Å². The van der Waals surface area contributed by atoms with Crippen molar-refractivity contribution in [1.82, 2.24) is 0 Å². The molecule has 19 heavy (non-hydrogen) atoms. The monoisotopic (exact) mass is 277 g/mol. The molecule has 1 aliphatic heterocycles. The Labute approximate surface area is 112 Å². The Balaban J connectivity index is 2.24. The summed E-state index contributed by atoms with van der Waals surface area (Å²) >= 11 is 0. The number of aliphatic hydroxyl groups is 1. The third kappa shape index (κ3) is 1.50. The van der Waals surface area contributed by atoms with Crippen LogP contribution >= 0.6 is 0 Å². The Morgan fingerprint density at radius 3 is 2.47 bits per heavy atom. The van der Waals surface area contributed by atoms with Crippen LogP contribution in [-0.2, 0) is 15.4 Å². The highest BCUT2D eigenvalue weighted by atomic mass is 32.2.